The molecule has 0 aliphatic heterocycles. The van der Waals surface area contributed by atoms with Crippen molar-refractivity contribution in [1.82, 2.24) is 10.2 Å². The van der Waals surface area contributed by atoms with Gasteiger partial charge in [-0.15, -0.1) is 6.42 Å². The predicted octanol–water partition coefficient (Wildman–Crippen LogP) is 3.75. The Bertz CT molecular complexity index is 1250. The first-order chi connectivity index (χ1) is 18.6. The summed E-state index contributed by atoms with van der Waals surface area (Å²) in [6, 6.07) is 10.8. The van der Waals surface area contributed by atoms with Crippen molar-refractivity contribution < 1.29 is 28.7 Å². The van der Waals surface area contributed by atoms with Gasteiger partial charge in [-0.1, -0.05) is 18.1 Å². The van der Waals surface area contributed by atoms with Gasteiger partial charge in [0.05, 0.1) is 13.5 Å². The average molecular weight is 551 g/mol. The molecule has 4 amide bonds. The molecule has 0 aliphatic carbocycles. The Hall–Kier alpha value is -4.52. The van der Waals surface area contributed by atoms with E-state index in [1.807, 2.05) is 0 Å². The predicted molar refractivity (Wildman–Crippen MR) is 152 cm³/mol. The number of carbonyl (C=O) groups excluding carboxylic acids is 4. The number of alkyl carbamates (subject to hydrolysis) is 1. The summed E-state index contributed by atoms with van der Waals surface area (Å²) in [6.45, 7) is 10.2. The summed E-state index contributed by atoms with van der Waals surface area (Å²) in [7, 11) is 1.53. The Labute approximate surface area is 235 Å². The third-order valence-electron chi connectivity index (χ3n) is 5.61. The molecule has 0 saturated heterocycles. The SMILES string of the molecule is C#Cc1ccc(C(C(=O)Nc2ccc(OC)cc2)N(C(=O)C(CC(N)=O)NC(=O)OC(C)(C)C)C(C)(C)C)cc1. The number of nitrogens with two attached hydrogens (primary N) is 1. The van der Waals surface area contributed by atoms with Crippen LogP contribution >= 0.6 is 0 Å². The number of ether oxygens (including phenoxy) is 2. The number of carbonyl (C=O) groups is 4. The number of methoxy groups -OCH3 is 1. The van der Waals surface area contributed by atoms with Crippen LogP contribution in [0.1, 0.15) is 65.1 Å². The van der Waals surface area contributed by atoms with E-state index in [1.54, 1.807) is 90.1 Å². The molecular weight excluding hydrogens is 512 g/mol. The Kier molecular flexibility index (Phi) is 10.3. The van der Waals surface area contributed by atoms with E-state index in [2.05, 4.69) is 16.6 Å². The van der Waals surface area contributed by atoms with Crippen molar-refractivity contribution in [1.29, 1.82) is 0 Å². The van der Waals surface area contributed by atoms with E-state index in [0.29, 0.717) is 22.6 Å². The van der Waals surface area contributed by atoms with E-state index in [-0.39, 0.29) is 0 Å². The first-order valence-corrected chi connectivity index (χ1v) is 12.7. The largest absolute Gasteiger partial charge is 0.497 e. The van der Waals surface area contributed by atoms with Crippen LogP contribution in [-0.2, 0) is 19.1 Å². The molecule has 10 heteroatoms. The summed E-state index contributed by atoms with van der Waals surface area (Å²) in [6.07, 6.45) is 4.10. The second-order valence-electron chi connectivity index (χ2n) is 11.1. The van der Waals surface area contributed by atoms with Gasteiger partial charge in [-0.2, -0.15) is 0 Å². The molecule has 0 fully saturated rings. The highest BCUT2D eigenvalue weighted by Crippen LogP contribution is 2.32. The number of anilines is 1. The highest BCUT2D eigenvalue weighted by atomic mass is 16.6. The Morgan fingerprint density at radius 1 is 0.975 bits per heavy atom. The highest BCUT2D eigenvalue weighted by molar-refractivity contribution is 6.00. The van der Waals surface area contributed by atoms with Crippen LogP contribution < -0.4 is 21.1 Å². The summed E-state index contributed by atoms with van der Waals surface area (Å²) < 4.78 is 10.5. The molecule has 4 N–H and O–H groups in total. The van der Waals surface area contributed by atoms with Gasteiger partial charge in [0.2, 0.25) is 11.8 Å². The van der Waals surface area contributed by atoms with E-state index < -0.39 is 53.5 Å². The zero-order valence-corrected chi connectivity index (χ0v) is 24.0. The zero-order chi connectivity index (χ0) is 30.3. The number of benzene rings is 2. The molecule has 40 heavy (non-hydrogen) atoms. The Morgan fingerprint density at radius 2 is 1.55 bits per heavy atom. The van der Waals surface area contributed by atoms with Gasteiger partial charge in [-0.05, 0) is 83.5 Å². The molecule has 0 spiro atoms. The van der Waals surface area contributed by atoms with Crippen molar-refractivity contribution in [3.05, 3.63) is 59.7 Å². The lowest BCUT2D eigenvalue weighted by atomic mass is 9.94. The van der Waals surface area contributed by atoms with E-state index >= 15 is 0 Å². The van der Waals surface area contributed by atoms with Gasteiger partial charge in [0, 0.05) is 16.8 Å². The van der Waals surface area contributed by atoms with Crippen LogP contribution in [0.25, 0.3) is 0 Å². The second kappa shape index (κ2) is 13.0. The minimum atomic E-state index is -1.40. The average Bonchev–Trinajstić information content (AvgIpc) is 2.84. The maximum absolute atomic E-state index is 14.1. The lowest BCUT2D eigenvalue weighted by Gasteiger charge is -2.43. The van der Waals surface area contributed by atoms with Crippen molar-refractivity contribution in [2.75, 3.05) is 12.4 Å². The van der Waals surface area contributed by atoms with E-state index in [4.69, 9.17) is 21.6 Å². The maximum atomic E-state index is 14.1. The van der Waals surface area contributed by atoms with Crippen LogP contribution in [0.15, 0.2) is 48.5 Å². The first kappa shape index (κ1) is 31.7. The van der Waals surface area contributed by atoms with Gasteiger partial charge < -0.3 is 30.7 Å². The first-order valence-electron chi connectivity index (χ1n) is 12.7. The molecule has 214 valence electrons. The summed E-state index contributed by atoms with van der Waals surface area (Å²) in [5, 5.41) is 5.30. The minimum absolute atomic E-state index is 0.461. The molecule has 0 bridgehead atoms. The molecule has 2 aromatic rings. The van der Waals surface area contributed by atoms with Gasteiger partial charge in [-0.3, -0.25) is 14.4 Å². The number of primary amides is 1. The molecule has 0 aromatic heterocycles. The molecule has 0 aliphatic rings. The lowest BCUT2D eigenvalue weighted by molar-refractivity contribution is -0.147. The number of nitrogens with one attached hydrogen (secondary N) is 2. The number of hydrogen-bond donors (Lipinski definition) is 3. The third-order valence-corrected chi connectivity index (χ3v) is 5.61. The van der Waals surface area contributed by atoms with Crippen LogP contribution in [-0.4, -0.2) is 53.0 Å². The zero-order valence-electron chi connectivity index (χ0n) is 24.0. The van der Waals surface area contributed by atoms with Crippen LogP contribution in [0.3, 0.4) is 0 Å². The van der Waals surface area contributed by atoms with Crippen molar-refractivity contribution in [3.63, 3.8) is 0 Å². The quantitative estimate of drug-likeness (QED) is 0.406. The molecule has 2 rings (SSSR count). The number of nitrogens with zero attached hydrogens (tertiary/aromatic N) is 1. The molecule has 0 heterocycles. The van der Waals surface area contributed by atoms with Crippen LogP contribution in [0.2, 0.25) is 0 Å². The maximum Gasteiger partial charge on any atom is 0.408 e. The van der Waals surface area contributed by atoms with Gasteiger partial charge in [0.25, 0.3) is 5.91 Å². The third kappa shape index (κ3) is 9.05. The summed E-state index contributed by atoms with van der Waals surface area (Å²) in [4.78, 5) is 53.9. The molecule has 0 saturated carbocycles. The topological polar surface area (TPSA) is 140 Å². The lowest BCUT2D eigenvalue weighted by Crippen LogP contribution is -2.58. The number of rotatable bonds is 9. The fourth-order valence-corrected chi connectivity index (χ4v) is 3.93. The summed E-state index contributed by atoms with van der Waals surface area (Å²) in [5.41, 5.74) is 5.14. The van der Waals surface area contributed by atoms with Gasteiger partial charge in [0.15, 0.2) is 0 Å². The summed E-state index contributed by atoms with van der Waals surface area (Å²) >= 11 is 0. The normalized spacial score (nSPS) is 12.8. The molecule has 2 unspecified atom stereocenters. The number of terminal acetylenes is 1. The standard InChI is InChI=1S/C30H38N4O6/c1-9-19-10-12-20(13-11-19)25(26(36)32-21-14-16-22(39-8)17-15-21)34(29(2,3)4)27(37)23(18-24(31)35)33-28(38)40-30(5,6)7/h1,10-17,23,25H,18H2,2-8H3,(H2,31,35)(H,32,36)(H,33,38). The number of amides is 4. The van der Waals surface area contributed by atoms with Crippen molar-refractivity contribution >= 4 is 29.5 Å². The van der Waals surface area contributed by atoms with Gasteiger partial charge >= 0.3 is 6.09 Å². The fraction of sp³-hybridized carbons (Fsp3) is 0.400. The Balaban J connectivity index is 2.60. The fourth-order valence-electron chi connectivity index (χ4n) is 3.93. The van der Waals surface area contributed by atoms with Crippen molar-refractivity contribution in [2.45, 2.75) is 71.2 Å². The van der Waals surface area contributed by atoms with Gasteiger partial charge in [-0.25, -0.2) is 4.79 Å². The molecular formula is C30H38N4O6. The monoisotopic (exact) mass is 550 g/mol. The second-order valence-corrected chi connectivity index (χ2v) is 11.1. The van der Waals surface area contributed by atoms with Gasteiger partial charge in [0.1, 0.15) is 23.4 Å². The minimum Gasteiger partial charge on any atom is -0.497 e. The van der Waals surface area contributed by atoms with Crippen LogP contribution in [0.4, 0.5) is 10.5 Å². The van der Waals surface area contributed by atoms with Crippen LogP contribution in [0.5, 0.6) is 5.75 Å². The van der Waals surface area contributed by atoms with Crippen molar-refractivity contribution in [3.8, 4) is 18.1 Å². The smallest absolute Gasteiger partial charge is 0.408 e. The van der Waals surface area contributed by atoms with E-state index in [9.17, 15) is 19.2 Å². The van der Waals surface area contributed by atoms with Crippen LogP contribution in [0, 0.1) is 12.3 Å². The van der Waals surface area contributed by atoms with Crippen molar-refractivity contribution in [2.24, 2.45) is 5.73 Å². The number of hydrogen-bond acceptors (Lipinski definition) is 6. The Morgan fingerprint density at radius 3 is 2.00 bits per heavy atom. The summed E-state index contributed by atoms with van der Waals surface area (Å²) in [5.74, 6) is 1.08. The highest BCUT2D eigenvalue weighted by Gasteiger charge is 2.42. The molecule has 0 radical (unpaired) electrons. The molecule has 2 aromatic carbocycles. The molecule has 2 atom stereocenters. The van der Waals surface area contributed by atoms with E-state index in [1.165, 1.54) is 12.0 Å². The molecule has 10 nitrogen and oxygen atoms in total. The van der Waals surface area contributed by atoms with E-state index in [0.717, 1.165) is 0 Å².